The molecule has 1 saturated heterocycles. The number of hydrazone groups is 1. The lowest BCUT2D eigenvalue weighted by atomic mass is 10.1. The predicted molar refractivity (Wildman–Crippen MR) is 66.7 cm³/mol. The number of aromatic nitrogens is 1. The summed E-state index contributed by atoms with van der Waals surface area (Å²) < 4.78 is 22.4. The third kappa shape index (κ3) is 3.36. The first-order chi connectivity index (χ1) is 8.57. The van der Waals surface area contributed by atoms with Crippen LogP contribution < -0.4 is 5.43 Å². The zero-order valence-corrected chi connectivity index (χ0v) is 10.4. The van der Waals surface area contributed by atoms with Gasteiger partial charge in [0.2, 0.25) is 5.91 Å². The van der Waals surface area contributed by atoms with E-state index in [1.165, 1.54) is 6.21 Å². The van der Waals surface area contributed by atoms with Gasteiger partial charge in [-0.1, -0.05) is 6.07 Å². The lowest BCUT2D eigenvalue weighted by Crippen LogP contribution is -2.27. The number of hydrogen-bond acceptors (Lipinski definition) is 5. The highest BCUT2D eigenvalue weighted by molar-refractivity contribution is 7.91. The van der Waals surface area contributed by atoms with Crippen molar-refractivity contribution in [3.8, 4) is 0 Å². The first-order valence-electron chi connectivity index (χ1n) is 5.50. The van der Waals surface area contributed by atoms with E-state index in [-0.39, 0.29) is 17.4 Å². The predicted octanol–water partition coefficient (Wildman–Crippen LogP) is -0.0336. The van der Waals surface area contributed by atoms with E-state index in [9.17, 15) is 13.2 Å². The van der Waals surface area contributed by atoms with Gasteiger partial charge in [0.15, 0.2) is 9.84 Å². The smallest absolute Gasteiger partial charge is 0.244 e. The summed E-state index contributed by atoms with van der Waals surface area (Å²) in [5.74, 6) is -0.837. The molecule has 0 saturated carbocycles. The maximum absolute atomic E-state index is 11.6. The zero-order valence-electron chi connectivity index (χ0n) is 9.61. The molecule has 0 spiro atoms. The van der Waals surface area contributed by atoms with Gasteiger partial charge in [0.25, 0.3) is 0 Å². The number of sulfone groups is 1. The maximum Gasteiger partial charge on any atom is 0.244 e. The Balaban J connectivity index is 1.88. The number of nitrogens with zero attached hydrogens (tertiary/aromatic N) is 2. The molecule has 0 radical (unpaired) electrons. The molecule has 0 aliphatic carbocycles. The maximum atomic E-state index is 11.6. The van der Waals surface area contributed by atoms with E-state index in [1.54, 1.807) is 24.5 Å². The normalized spacial score (nSPS) is 22.1. The summed E-state index contributed by atoms with van der Waals surface area (Å²) in [6.07, 6.45) is 5.08. The summed E-state index contributed by atoms with van der Waals surface area (Å²) in [6, 6.07) is 3.55. The summed E-state index contributed by atoms with van der Waals surface area (Å²) in [4.78, 5) is 15.5. The number of carbonyl (C=O) groups is 1. The minimum Gasteiger partial charge on any atom is -0.273 e. The average molecular weight is 267 g/mol. The fraction of sp³-hybridized carbons (Fsp3) is 0.364. The second kappa shape index (κ2) is 5.26. The van der Waals surface area contributed by atoms with Gasteiger partial charge in [0.1, 0.15) is 0 Å². The van der Waals surface area contributed by atoms with Gasteiger partial charge in [0, 0.05) is 18.0 Å². The molecule has 18 heavy (non-hydrogen) atoms. The van der Waals surface area contributed by atoms with Gasteiger partial charge in [-0.15, -0.1) is 0 Å². The van der Waals surface area contributed by atoms with Crippen LogP contribution in [0.5, 0.6) is 0 Å². The first kappa shape index (κ1) is 12.7. The summed E-state index contributed by atoms with van der Waals surface area (Å²) in [6.45, 7) is 0. The van der Waals surface area contributed by atoms with E-state index in [2.05, 4.69) is 15.5 Å². The fourth-order valence-corrected chi connectivity index (χ4v) is 3.46. The van der Waals surface area contributed by atoms with Gasteiger partial charge in [-0.3, -0.25) is 9.78 Å². The highest BCUT2D eigenvalue weighted by Gasteiger charge is 2.32. The highest BCUT2D eigenvalue weighted by Crippen LogP contribution is 2.18. The Morgan fingerprint density at radius 1 is 1.56 bits per heavy atom. The van der Waals surface area contributed by atoms with Crippen molar-refractivity contribution in [3.63, 3.8) is 0 Å². The molecule has 96 valence electrons. The van der Waals surface area contributed by atoms with Crippen molar-refractivity contribution in [2.24, 2.45) is 11.0 Å². The van der Waals surface area contributed by atoms with Crippen LogP contribution in [0, 0.1) is 5.92 Å². The average Bonchev–Trinajstić information content (AvgIpc) is 2.71. The van der Waals surface area contributed by atoms with Crippen LogP contribution in [0.3, 0.4) is 0 Å². The molecule has 1 aromatic rings. The molecular formula is C11H13N3O3S. The van der Waals surface area contributed by atoms with Gasteiger partial charge in [-0.25, -0.2) is 13.8 Å². The van der Waals surface area contributed by atoms with E-state index in [4.69, 9.17) is 0 Å². The van der Waals surface area contributed by atoms with Gasteiger partial charge in [0.05, 0.1) is 23.6 Å². The standard InChI is InChI=1S/C11H13N3O3S/c15-11(10-3-5-18(16,17)8-10)14-13-7-9-2-1-4-12-6-9/h1-2,4,6-7,10H,3,5,8H2,(H,14,15)/b13-7-/t10-/m1/s1. The zero-order chi connectivity index (χ0) is 13.0. The Kier molecular flexibility index (Phi) is 3.71. The summed E-state index contributed by atoms with van der Waals surface area (Å²) >= 11 is 0. The van der Waals surface area contributed by atoms with Crippen molar-refractivity contribution in [2.75, 3.05) is 11.5 Å². The first-order valence-corrected chi connectivity index (χ1v) is 7.32. The molecule has 1 atom stereocenters. The third-order valence-corrected chi connectivity index (χ3v) is 4.44. The minimum absolute atomic E-state index is 0.0808. The number of carbonyl (C=O) groups excluding carboxylic acids is 1. The van der Waals surface area contributed by atoms with Gasteiger partial charge in [-0.2, -0.15) is 5.10 Å². The Labute approximate surface area is 105 Å². The largest absolute Gasteiger partial charge is 0.273 e. The SMILES string of the molecule is O=C(N/N=C\c1cccnc1)[C@@H]1CCS(=O)(=O)C1. The molecule has 2 heterocycles. The van der Waals surface area contributed by atoms with Crippen LogP contribution in [-0.4, -0.2) is 37.0 Å². The topological polar surface area (TPSA) is 88.5 Å². The van der Waals surface area contributed by atoms with Crippen LogP contribution in [0.25, 0.3) is 0 Å². The quantitative estimate of drug-likeness (QED) is 0.615. The number of amides is 1. The number of pyridine rings is 1. The molecule has 1 N–H and O–H groups in total. The molecule has 1 aliphatic heterocycles. The second-order valence-corrected chi connectivity index (χ2v) is 6.35. The Bertz CT molecular complexity index is 554. The summed E-state index contributed by atoms with van der Waals surface area (Å²) in [5, 5.41) is 3.77. The van der Waals surface area contributed by atoms with Crippen LogP contribution in [0.15, 0.2) is 29.6 Å². The van der Waals surface area contributed by atoms with Crippen LogP contribution >= 0.6 is 0 Å². The van der Waals surface area contributed by atoms with E-state index in [0.29, 0.717) is 6.42 Å². The summed E-state index contributed by atoms with van der Waals surface area (Å²) in [5.41, 5.74) is 3.11. The lowest BCUT2D eigenvalue weighted by Gasteiger charge is -2.04. The van der Waals surface area contributed by atoms with Crippen LogP contribution in [0.4, 0.5) is 0 Å². The molecule has 0 aromatic carbocycles. The minimum atomic E-state index is -3.04. The van der Waals surface area contributed by atoms with Crippen molar-refractivity contribution in [1.29, 1.82) is 0 Å². The molecule has 6 nitrogen and oxygen atoms in total. The number of hydrogen-bond donors (Lipinski definition) is 1. The summed E-state index contributed by atoms with van der Waals surface area (Å²) in [7, 11) is -3.04. The van der Waals surface area contributed by atoms with E-state index < -0.39 is 15.8 Å². The Morgan fingerprint density at radius 2 is 2.39 bits per heavy atom. The molecule has 1 aromatic heterocycles. The van der Waals surface area contributed by atoms with Crippen LogP contribution in [0.1, 0.15) is 12.0 Å². The molecule has 0 unspecified atom stereocenters. The van der Waals surface area contributed by atoms with E-state index in [0.717, 1.165) is 5.56 Å². The number of nitrogens with one attached hydrogen (secondary N) is 1. The van der Waals surface area contributed by atoms with Crippen molar-refractivity contribution >= 4 is 22.0 Å². The van der Waals surface area contributed by atoms with E-state index in [1.807, 2.05) is 0 Å². The molecule has 7 heteroatoms. The Hall–Kier alpha value is -1.76. The molecule has 1 fully saturated rings. The molecule has 2 rings (SSSR count). The van der Waals surface area contributed by atoms with Gasteiger partial charge < -0.3 is 0 Å². The lowest BCUT2D eigenvalue weighted by molar-refractivity contribution is -0.124. The van der Waals surface area contributed by atoms with Crippen LogP contribution in [0.2, 0.25) is 0 Å². The molecule has 1 aliphatic rings. The van der Waals surface area contributed by atoms with Gasteiger partial charge in [-0.05, 0) is 12.5 Å². The third-order valence-electron chi connectivity index (χ3n) is 2.68. The van der Waals surface area contributed by atoms with Crippen molar-refractivity contribution in [2.45, 2.75) is 6.42 Å². The van der Waals surface area contributed by atoms with Crippen molar-refractivity contribution in [3.05, 3.63) is 30.1 Å². The van der Waals surface area contributed by atoms with Gasteiger partial charge >= 0.3 is 0 Å². The molecule has 0 bridgehead atoms. The Morgan fingerprint density at radius 3 is 3.00 bits per heavy atom. The van der Waals surface area contributed by atoms with Crippen LogP contribution in [-0.2, 0) is 14.6 Å². The fourth-order valence-electron chi connectivity index (χ4n) is 1.72. The number of rotatable bonds is 3. The second-order valence-electron chi connectivity index (χ2n) is 4.12. The van der Waals surface area contributed by atoms with E-state index >= 15 is 0 Å². The molecule has 1 amide bonds. The highest BCUT2D eigenvalue weighted by atomic mass is 32.2. The monoisotopic (exact) mass is 267 g/mol. The van der Waals surface area contributed by atoms with Crippen molar-refractivity contribution < 1.29 is 13.2 Å². The molecular weight excluding hydrogens is 254 g/mol. The van der Waals surface area contributed by atoms with Crippen molar-refractivity contribution in [1.82, 2.24) is 10.4 Å².